The lowest BCUT2D eigenvalue weighted by Gasteiger charge is -2.13. The molecule has 0 unspecified atom stereocenters. The number of benzene rings is 2. The van der Waals surface area contributed by atoms with E-state index in [0.29, 0.717) is 40.0 Å². The summed E-state index contributed by atoms with van der Waals surface area (Å²) in [6.07, 6.45) is -2.88. The Morgan fingerprint density at radius 3 is 2.68 bits per heavy atom. The molecule has 0 aliphatic carbocycles. The predicted octanol–water partition coefficient (Wildman–Crippen LogP) is 4.95. The number of ether oxygens (including phenoxy) is 2. The van der Waals surface area contributed by atoms with Crippen LogP contribution in [0.3, 0.4) is 0 Å². The minimum Gasteiger partial charge on any atom is -0.454 e. The smallest absolute Gasteiger partial charge is 0.416 e. The molecule has 0 radical (unpaired) electrons. The normalized spacial score (nSPS) is 12.9. The third kappa shape index (κ3) is 3.45. The van der Waals surface area contributed by atoms with E-state index in [1.807, 2.05) is 6.07 Å². The summed E-state index contributed by atoms with van der Waals surface area (Å²) in [5.41, 5.74) is 1.47. The van der Waals surface area contributed by atoms with Gasteiger partial charge in [-0.25, -0.2) is 9.97 Å². The van der Waals surface area contributed by atoms with Crippen molar-refractivity contribution in [3.63, 3.8) is 0 Å². The minimum absolute atomic E-state index is 0.173. The van der Waals surface area contributed by atoms with E-state index >= 15 is 0 Å². The van der Waals surface area contributed by atoms with E-state index in [2.05, 4.69) is 20.6 Å². The number of alkyl halides is 3. The van der Waals surface area contributed by atoms with Crippen LogP contribution in [0.1, 0.15) is 5.56 Å². The van der Waals surface area contributed by atoms with Crippen LogP contribution < -0.4 is 20.1 Å². The molecule has 10 heteroatoms. The third-order valence-electron chi connectivity index (χ3n) is 4.84. The molecule has 2 aromatic carbocycles. The fourth-order valence-electron chi connectivity index (χ4n) is 3.42. The highest BCUT2D eigenvalue weighted by molar-refractivity contribution is 5.83. The number of anilines is 3. The van der Waals surface area contributed by atoms with Crippen LogP contribution in [0.5, 0.6) is 11.5 Å². The summed E-state index contributed by atoms with van der Waals surface area (Å²) in [7, 11) is 1.66. The molecule has 0 spiro atoms. The van der Waals surface area contributed by atoms with Crippen LogP contribution in [0.4, 0.5) is 30.6 Å². The van der Waals surface area contributed by atoms with Gasteiger partial charge in [-0.15, -0.1) is 0 Å². The van der Waals surface area contributed by atoms with E-state index in [4.69, 9.17) is 9.47 Å². The van der Waals surface area contributed by atoms with Crippen molar-refractivity contribution in [3.05, 3.63) is 60.3 Å². The third-order valence-corrected chi connectivity index (χ3v) is 4.84. The molecule has 158 valence electrons. The van der Waals surface area contributed by atoms with E-state index in [-0.39, 0.29) is 6.79 Å². The maximum absolute atomic E-state index is 13.2. The van der Waals surface area contributed by atoms with Crippen molar-refractivity contribution in [1.82, 2.24) is 14.5 Å². The number of hydrogen-bond donors (Lipinski definition) is 2. The minimum atomic E-state index is -4.44. The van der Waals surface area contributed by atoms with Crippen LogP contribution in [0.2, 0.25) is 0 Å². The van der Waals surface area contributed by atoms with Gasteiger partial charge in [-0.2, -0.15) is 13.2 Å². The zero-order valence-electron chi connectivity index (χ0n) is 16.2. The van der Waals surface area contributed by atoms with E-state index in [1.165, 1.54) is 6.07 Å². The molecule has 0 saturated carbocycles. The van der Waals surface area contributed by atoms with E-state index in [0.717, 1.165) is 17.8 Å². The van der Waals surface area contributed by atoms with Crippen molar-refractivity contribution >= 4 is 28.5 Å². The highest BCUT2D eigenvalue weighted by Gasteiger charge is 2.31. The largest absolute Gasteiger partial charge is 0.454 e. The second kappa shape index (κ2) is 7.08. The number of rotatable bonds is 4. The molecule has 4 aromatic rings. The van der Waals surface area contributed by atoms with Gasteiger partial charge in [0.25, 0.3) is 0 Å². The summed E-state index contributed by atoms with van der Waals surface area (Å²) in [6, 6.07) is 12.2. The maximum Gasteiger partial charge on any atom is 0.416 e. The number of imidazole rings is 1. The topological polar surface area (TPSA) is 73.2 Å². The predicted molar refractivity (Wildman–Crippen MR) is 109 cm³/mol. The fraction of sp³-hybridized carbons (Fsp3) is 0.143. The van der Waals surface area contributed by atoms with Crippen LogP contribution in [0.15, 0.2) is 54.7 Å². The Balaban J connectivity index is 1.57. The molecule has 3 heterocycles. The summed E-state index contributed by atoms with van der Waals surface area (Å²) >= 11 is 0. The molecule has 1 aliphatic rings. The molecular weight excluding hydrogens is 411 g/mol. The van der Waals surface area contributed by atoms with Gasteiger partial charge in [0.2, 0.25) is 12.7 Å². The fourth-order valence-corrected chi connectivity index (χ4v) is 3.42. The van der Waals surface area contributed by atoms with E-state index in [1.54, 1.807) is 42.1 Å². The van der Waals surface area contributed by atoms with Crippen molar-refractivity contribution in [2.45, 2.75) is 6.18 Å². The summed E-state index contributed by atoms with van der Waals surface area (Å²) in [6.45, 7) is 0.173. The van der Waals surface area contributed by atoms with Crippen LogP contribution in [-0.4, -0.2) is 28.4 Å². The highest BCUT2D eigenvalue weighted by atomic mass is 19.4. The molecule has 0 saturated heterocycles. The average Bonchev–Trinajstić information content (AvgIpc) is 3.36. The Morgan fingerprint density at radius 2 is 1.87 bits per heavy atom. The van der Waals surface area contributed by atoms with Gasteiger partial charge in [0.05, 0.1) is 17.3 Å². The number of nitrogens with zero attached hydrogens (tertiary/aromatic N) is 3. The van der Waals surface area contributed by atoms with Gasteiger partial charge in [-0.1, -0.05) is 6.07 Å². The first-order valence-electron chi connectivity index (χ1n) is 9.33. The number of aromatic nitrogens is 3. The zero-order chi connectivity index (χ0) is 21.6. The molecule has 0 fully saturated rings. The van der Waals surface area contributed by atoms with Crippen LogP contribution in [0.25, 0.3) is 16.7 Å². The van der Waals surface area contributed by atoms with Gasteiger partial charge < -0.3 is 20.1 Å². The lowest BCUT2D eigenvalue weighted by Crippen LogP contribution is -2.07. The number of pyridine rings is 1. The molecule has 7 nitrogen and oxygen atoms in total. The number of halogens is 3. The standard InChI is InChI=1S/C21H16F3N5O2/c1-25-20-28-15-10-26-19(27-13-5-6-17-18(8-13)31-11-30-17)9-16(15)29(20)14-4-2-3-12(7-14)21(22,23)24/h2-10H,11H2,1H3,(H,25,28)(H,26,27). The Bertz CT molecular complexity index is 1290. The van der Waals surface area contributed by atoms with Gasteiger partial charge in [0.15, 0.2) is 11.5 Å². The molecule has 0 atom stereocenters. The van der Waals surface area contributed by atoms with Crippen LogP contribution >= 0.6 is 0 Å². The van der Waals surface area contributed by atoms with Gasteiger partial charge >= 0.3 is 6.18 Å². The first-order valence-corrected chi connectivity index (χ1v) is 9.33. The highest BCUT2D eigenvalue weighted by Crippen LogP contribution is 2.36. The second-order valence-electron chi connectivity index (χ2n) is 6.82. The monoisotopic (exact) mass is 427 g/mol. The summed E-state index contributed by atoms with van der Waals surface area (Å²) in [4.78, 5) is 8.81. The van der Waals surface area contributed by atoms with Crippen LogP contribution in [0, 0.1) is 0 Å². The van der Waals surface area contributed by atoms with E-state index < -0.39 is 11.7 Å². The lowest BCUT2D eigenvalue weighted by molar-refractivity contribution is -0.137. The molecular formula is C21H16F3N5O2. The SMILES string of the molecule is CNc1nc2cnc(Nc3ccc4c(c3)OCO4)cc2n1-c1cccc(C(F)(F)F)c1. The van der Waals surface area contributed by atoms with Crippen molar-refractivity contribution < 1.29 is 22.6 Å². The molecule has 2 aromatic heterocycles. The van der Waals surface area contributed by atoms with Crippen molar-refractivity contribution in [1.29, 1.82) is 0 Å². The maximum atomic E-state index is 13.2. The molecule has 0 bridgehead atoms. The quantitative estimate of drug-likeness (QED) is 0.480. The number of fused-ring (bicyclic) bond motifs is 2. The van der Waals surface area contributed by atoms with Gasteiger partial charge in [0.1, 0.15) is 11.3 Å². The molecule has 2 N–H and O–H groups in total. The summed E-state index contributed by atoms with van der Waals surface area (Å²) < 4.78 is 52.0. The Kier molecular flexibility index (Phi) is 4.35. The molecule has 5 rings (SSSR count). The first kappa shape index (κ1) is 19.0. The van der Waals surface area contributed by atoms with Crippen molar-refractivity contribution in [2.24, 2.45) is 0 Å². The van der Waals surface area contributed by atoms with Gasteiger partial charge in [-0.3, -0.25) is 4.57 Å². The average molecular weight is 427 g/mol. The van der Waals surface area contributed by atoms with Crippen LogP contribution in [-0.2, 0) is 6.18 Å². The zero-order valence-corrected chi connectivity index (χ0v) is 16.2. The lowest BCUT2D eigenvalue weighted by atomic mass is 10.2. The molecule has 1 aliphatic heterocycles. The van der Waals surface area contributed by atoms with Gasteiger partial charge in [0, 0.05) is 30.6 Å². The molecule has 0 amide bonds. The van der Waals surface area contributed by atoms with Gasteiger partial charge in [-0.05, 0) is 30.3 Å². The van der Waals surface area contributed by atoms with Crippen molar-refractivity contribution in [2.75, 3.05) is 24.5 Å². The number of nitrogens with one attached hydrogen (secondary N) is 2. The molecule has 31 heavy (non-hydrogen) atoms. The number of hydrogen-bond acceptors (Lipinski definition) is 6. The Morgan fingerprint density at radius 1 is 1.03 bits per heavy atom. The van der Waals surface area contributed by atoms with Crippen molar-refractivity contribution in [3.8, 4) is 17.2 Å². The first-order chi connectivity index (χ1) is 14.9. The van der Waals surface area contributed by atoms with E-state index in [9.17, 15) is 13.2 Å². The summed E-state index contributed by atoms with van der Waals surface area (Å²) in [5, 5.41) is 6.11. The Hall–Kier alpha value is -3.95. The second-order valence-corrected chi connectivity index (χ2v) is 6.82. The summed E-state index contributed by atoms with van der Waals surface area (Å²) in [5.74, 6) is 2.19. The Labute approximate surface area is 174 Å².